The molecule has 1 aromatic heterocycles. The fraction of sp³-hybridized carbons (Fsp3) is 0.438. The van der Waals surface area contributed by atoms with Gasteiger partial charge in [0.05, 0.1) is 10.9 Å². The molecule has 0 atom stereocenters. The van der Waals surface area contributed by atoms with Crippen LogP contribution < -0.4 is 5.32 Å². The Balaban J connectivity index is 2.78. The van der Waals surface area contributed by atoms with E-state index in [9.17, 15) is 13.2 Å². The van der Waals surface area contributed by atoms with E-state index >= 15 is 0 Å². The van der Waals surface area contributed by atoms with Crippen molar-refractivity contribution in [2.75, 3.05) is 11.9 Å². The van der Waals surface area contributed by atoms with Crippen LogP contribution in [0.25, 0.3) is 10.9 Å². The second kappa shape index (κ2) is 5.54. The molecule has 0 unspecified atom stereocenters. The molecule has 2 rings (SSSR count). The largest absolute Gasteiger partial charge is 0.384 e. The van der Waals surface area contributed by atoms with E-state index in [0.29, 0.717) is 17.9 Å². The van der Waals surface area contributed by atoms with E-state index in [4.69, 9.17) is 0 Å². The van der Waals surface area contributed by atoms with Crippen LogP contribution in [-0.2, 0) is 5.41 Å². The molecule has 0 saturated carbocycles. The Labute approximate surface area is 122 Å². The van der Waals surface area contributed by atoms with Gasteiger partial charge in [0.1, 0.15) is 0 Å². The van der Waals surface area contributed by atoms with Crippen molar-refractivity contribution in [3.63, 3.8) is 0 Å². The molecule has 21 heavy (non-hydrogen) atoms. The number of nitrogens with one attached hydrogen (secondary N) is 1. The van der Waals surface area contributed by atoms with Gasteiger partial charge in [-0.2, -0.15) is 0 Å². The average Bonchev–Trinajstić information content (AvgIpc) is 2.40. The average molecular weight is 296 g/mol. The highest BCUT2D eigenvalue weighted by atomic mass is 19.2. The van der Waals surface area contributed by atoms with Crippen molar-refractivity contribution in [3.05, 3.63) is 35.3 Å². The van der Waals surface area contributed by atoms with E-state index in [2.05, 4.69) is 10.3 Å². The number of benzene rings is 1. The Kier molecular flexibility index (Phi) is 4.12. The maximum absolute atomic E-state index is 14.1. The SMILES string of the molecule is CCCNc1cc(C(C)(C)C)nc2cc(F)c(F)c(F)c12. The molecular formula is C16H19F3N2. The first-order chi connectivity index (χ1) is 9.75. The molecule has 0 aliphatic heterocycles. The lowest BCUT2D eigenvalue weighted by molar-refractivity contribution is 0.453. The van der Waals surface area contributed by atoms with Crippen LogP contribution in [0.5, 0.6) is 0 Å². The minimum absolute atomic E-state index is 0.00431. The van der Waals surface area contributed by atoms with Crippen LogP contribution in [0, 0.1) is 17.5 Å². The zero-order chi connectivity index (χ0) is 15.8. The van der Waals surface area contributed by atoms with Crippen molar-refractivity contribution < 1.29 is 13.2 Å². The van der Waals surface area contributed by atoms with E-state index in [1.54, 1.807) is 6.07 Å². The second-order valence-corrected chi connectivity index (χ2v) is 6.11. The number of halogens is 3. The summed E-state index contributed by atoms with van der Waals surface area (Å²) in [6, 6.07) is 2.65. The number of nitrogens with zero attached hydrogens (tertiary/aromatic N) is 1. The van der Waals surface area contributed by atoms with E-state index in [1.807, 2.05) is 27.7 Å². The maximum Gasteiger partial charge on any atom is 0.195 e. The lowest BCUT2D eigenvalue weighted by Crippen LogP contribution is -2.15. The summed E-state index contributed by atoms with van der Waals surface area (Å²) in [6.45, 7) is 8.46. The number of rotatable bonds is 3. The summed E-state index contributed by atoms with van der Waals surface area (Å²) in [5.74, 6) is -3.89. The van der Waals surface area contributed by atoms with Crippen LogP contribution in [0.2, 0.25) is 0 Å². The molecule has 114 valence electrons. The third-order valence-electron chi connectivity index (χ3n) is 3.27. The molecule has 0 aliphatic rings. The van der Waals surface area contributed by atoms with Crippen molar-refractivity contribution >= 4 is 16.6 Å². The molecule has 2 nitrogen and oxygen atoms in total. The van der Waals surface area contributed by atoms with Crippen molar-refractivity contribution in [1.82, 2.24) is 4.98 Å². The van der Waals surface area contributed by atoms with Crippen LogP contribution >= 0.6 is 0 Å². The standard InChI is InChI=1S/C16H19F3N2/c1-5-6-20-10-8-12(16(2,3)4)21-11-7-9(17)14(18)15(19)13(10)11/h7-8H,5-6H2,1-4H3,(H,20,21). The predicted octanol–water partition coefficient (Wildman–Crippen LogP) is 4.77. The van der Waals surface area contributed by atoms with Crippen LogP contribution in [0.1, 0.15) is 39.8 Å². The lowest BCUT2D eigenvalue weighted by atomic mass is 9.90. The van der Waals surface area contributed by atoms with Crippen molar-refractivity contribution in [2.24, 2.45) is 0 Å². The Morgan fingerprint density at radius 2 is 1.76 bits per heavy atom. The van der Waals surface area contributed by atoms with Crippen molar-refractivity contribution in [2.45, 2.75) is 39.5 Å². The summed E-state index contributed by atoms with van der Waals surface area (Å²) in [7, 11) is 0. The van der Waals surface area contributed by atoms with Crippen LogP contribution in [-0.4, -0.2) is 11.5 Å². The molecule has 1 heterocycles. The molecule has 0 fully saturated rings. The number of hydrogen-bond acceptors (Lipinski definition) is 2. The molecule has 1 aromatic carbocycles. The van der Waals surface area contributed by atoms with Gasteiger partial charge in [-0.15, -0.1) is 0 Å². The Morgan fingerprint density at radius 1 is 1.10 bits per heavy atom. The molecule has 0 aliphatic carbocycles. The second-order valence-electron chi connectivity index (χ2n) is 6.11. The minimum Gasteiger partial charge on any atom is -0.384 e. The van der Waals surface area contributed by atoms with E-state index in [1.165, 1.54) is 0 Å². The van der Waals surface area contributed by atoms with Gasteiger partial charge in [-0.1, -0.05) is 27.7 Å². The van der Waals surface area contributed by atoms with Crippen LogP contribution in [0.3, 0.4) is 0 Å². The quantitative estimate of drug-likeness (QED) is 0.825. The molecule has 0 amide bonds. The smallest absolute Gasteiger partial charge is 0.195 e. The van der Waals surface area contributed by atoms with Gasteiger partial charge in [0.2, 0.25) is 0 Å². The van der Waals surface area contributed by atoms with Gasteiger partial charge in [-0.3, -0.25) is 4.98 Å². The molecule has 1 N–H and O–H groups in total. The fourth-order valence-electron chi connectivity index (χ4n) is 2.08. The third-order valence-corrected chi connectivity index (χ3v) is 3.27. The zero-order valence-electron chi connectivity index (χ0n) is 12.7. The molecule has 0 spiro atoms. The highest BCUT2D eigenvalue weighted by molar-refractivity contribution is 5.92. The first-order valence-corrected chi connectivity index (χ1v) is 6.98. The maximum atomic E-state index is 14.1. The lowest BCUT2D eigenvalue weighted by Gasteiger charge is -2.21. The molecular weight excluding hydrogens is 277 g/mol. The third kappa shape index (κ3) is 2.96. The van der Waals surface area contributed by atoms with Crippen LogP contribution in [0.15, 0.2) is 12.1 Å². The molecule has 5 heteroatoms. The zero-order valence-corrected chi connectivity index (χ0v) is 12.7. The molecule has 0 saturated heterocycles. The van der Waals surface area contributed by atoms with Gasteiger partial charge in [0, 0.05) is 29.4 Å². The monoisotopic (exact) mass is 296 g/mol. The number of anilines is 1. The van der Waals surface area contributed by atoms with Crippen molar-refractivity contribution in [3.8, 4) is 0 Å². The molecule has 0 radical (unpaired) electrons. The summed E-state index contributed by atoms with van der Waals surface area (Å²) in [5, 5.41) is 3.06. The topological polar surface area (TPSA) is 24.9 Å². The normalized spacial score (nSPS) is 12.0. The van der Waals surface area contributed by atoms with Gasteiger partial charge in [-0.25, -0.2) is 13.2 Å². The Morgan fingerprint density at radius 3 is 2.33 bits per heavy atom. The van der Waals surface area contributed by atoms with Crippen LogP contribution in [0.4, 0.5) is 18.9 Å². The van der Waals surface area contributed by atoms with E-state index in [-0.39, 0.29) is 16.3 Å². The first-order valence-electron chi connectivity index (χ1n) is 6.98. The highest BCUT2D eigenvalue weighted by Gasteiger charge is 2.22. The van der Waals surface area contributed by atoms with Gasteiger partial charge in [0.25, 0.3) is 0 Å². The first kappa shape index (κ1) is 15.6. The predicted molar refractivity (Wildman–Crippen MR) is 79.1 cm³/mol. The highest BCUT2D eigenvalue weighted by Crippen LogP contribution is 2.32. The van der Waals surface area contributed by atoms with E-state index in [0.717, 1.165) is 12.5 Å². The molecule has 0 bridgehead atoms. The van der Waals surface area contributed by atoms with E-state index < -0.39 is 17.5 Å². The number of fused-ring (bicyclic) bond motifs is 1. The summed E-state index contributed by atoms with van der Waals surface area (Å²) in [6.07, 6.45) is 0.833. The van der Waals surface area contributed by atoms with Crippen molar-refractivity contribution in [1.29, 1.82) is 0 Å². The number of hydrogen-bond donors (Lipinski definition) is 1. The Hall–Kier alpha value is -1.78. The summed E-state index contributed by atoms with van der Waals surface area (Å²) < 4.78 is 41.0. The number of pyridine rings is 1. The van der Waals surface area contributed by atoms with Gasteiger partial charge < -0.3 is 5.32 Å². The minimum atomic E-state index is -1.47. The Bertz CT molecular complexity index is 676. The fourth-order valence-corrected chi connectivity index (χ4v) is 2.08. The molecule has 2 aromatic rings. The number of aromatic nitrogens is 1. The van der Waals surface area contributed by atoms with Gasteiger partial charge >= 0.3 is 0 Å². The van der Waals surface area contributed by atoms with Gasteiger partial charge in [0.15, 0.2) is 17.5 Å². The summed E-state index contributed by atoms with van der Waals surface area (Å²) >= 11 is 0. The summed E-state index contributed by atoms with van der Waals surface area (Å²) in [5.41, 5.74) is 0.984. The van der Waals surface area contributed by atoms with Gasteiger partial charge in [-0.05, 0) is 12.5 Å². The summed E-state index contributed by atoms with van der Waals surface area (Å²) in [4.78, 5) is 4.29.